The smallest absolute Gasteiger partial charge is 0.339 e. The highest BCUT2D eigenvalue weighted by Crippen LogP contribution is 2.29. The molecule has 0 saturated carbocycles. The maximum Gasteiger partial charge on any atom is 0.339 e. The van der Waals surface area contributed by atoms with Gasteiger partial charge in [-0.05, 0) is 48.7 Å². The highest BCUT2D eigenvalue weighted by atomic mass is 35.5. The van der Waals surface area contributed by atoms with E-state index in [1.807, 2.05) is 0 Å². The first-order valence-corrected chi connectivity index (χ1v) is 8.79. The topological polar surface area (TPSA) is 99.8 Å². The standard InChI is InChI=1S/C20H18ClNO5/c21-14-5-3-12(4-6-14)11-22-19(25)15-7-8-17-16(18(15)24)10-13(2-1-9-23)20(26)27-17/h3-8,10,23-24H,1-2,9,11H2,(H,22,25). The monoisotopic (exact) mass is 387 g/mol. The van der Waals surface area contributed by atoms with Crippen LogP contribution in [-0.4, -0.2) is 22.7 Å². The van der Waals surface area contributed by atoms with Gasteiger partial charge >= 0.3 is 5.63 Å². The maximum absolute atomic E-state index is 12.5. The molecule has 6 nitrogen and oxygen atoms in total. The number of amides is 1. The van der Waals surface area contributed by atoms with Crippen LogP contribution < -0.4 is 10.9 Å². The van der Waals surface area contributed by atoms with Crippen LogP contribution in [0.5, 0.6) is 5.75 Å². The Balaban J connectivity index is 1.86. The van der Waals surface area contributed by atoms with Crippen molar-refractivity contribution in [3.05, 3.63) is 74.6 Å². The third kappa shape index (κ3) is 4.30. The van der Waals surface area contributed by atoms with Gasteiger partial charge in [-0.25, -0.2) is 4.79 Å². The van der Waals surface area contributed by atoms with Crippen LogP contribution in [0.1, 0.15) is 27.9 Å². The Morgan fingerprint density at radius 2 is 1.89 bits per heavy atom. The van der Waals surface area contributed by atoms with Gasteiger partial charge in [-0.3, -0.25) is 4.79 Å². The summed E-state index contributed by atoms with van der Waals surface area (Å²) in [7, 11) is 0. The van der Waals surface area contributed by atoms with E-state index in [4.69, 9.17) is 21.1 Å². The fraction of sp³-hybridized carbons (Fsp3) is 0.200. The van der Waals surface area contributed by atoms with Crippen LogP contribution >= 0.6 is 11.6 Å². The number of halogens is 1. The van der Waals surface area contributed by atoms with Gasteiger partial charge in [0.2, 0.25) is 0 Å². The number of nitrogens with one attached hydrogen (secondary N) is 1. The lowest BCUT2D eigenvalue weighted by atomic mass is 10.1. The summed E-state index contributed by atoms with van der Waals surface area (Å²) >= 11 is 5.84. The third-order valence-electron chi connectivity index (χ3n) is 4.18. The van der Waals surface area contributed by atoms with Gasteiger partial charge in [0, 0.05) is 23.7 Å². The van der Waals surface area contributed by atoms with Gasteiger partial charge in [-0.2, -0.15) is 0 Å². The fourth-order valence-corrected chi connectivity index (χ4v) is 2.85. The zero-order chi connectivity index (χ0) is 19.4. The van der Waals surface area contributed by atoms with Gasteiger partial charge in [0.1, 0.15) is 11.3 Å². The van der Waals surface area contributed by atoms with Crippen LogP contribution in [0.15, 0.2) is 51.7 Å². The molecular weight excluding hydrogens is 370 g/mol. The highest BCUT2D eigenvalue weighted by molar-refractivity contribution is 6.30. The van der Waals surface area contributed by atoms with Crippen molar-refractivity contribution in [3.8, 4) is 5.75 Å². The van der Waals surface area contributed by atoms with E-state index in [9.17, 15) is 14.7 Å². The summed E-state index contributed by atoms with van der Waals surface area (Å²) in [5.41, 5.74) is 0.962. The summed E-state index contributed by atoms with van der Waals surface area (Å²) in [6.07, 6.45) is 0.722. The molecule has 0 aliphatic rings. The molecule has 0 radical (unpaired) electrons. The van der Waals surface area contributed by atoms with E-state index < -0.39 is 11.5 Å². The molecule has 1 heterocycles. The first kappa shape index (κ1) is 18.9. The Hall–Kier alpha value is -2.83. The zero-order valence-corrected chi connectivity index (χ0v) is 15.1. The summed E-state index contributed by atoms with van der Waals surface area (Å²) in [6, 6.07) is 11.4. The molecule has 1 aromatic heterocycles. The SMILES string of the molecule is O=C(NCc1ccc(Cl)cc1)c1ccc2oc(=O)c(CCCO)cc2c1O. The predicted molar refractivity (Wildman–Crippen MR) is 102 cm³/mol. The van der Waals surface area contributed by atoms with Gasteiger partial charge in [0.25, 0.3) is 5.91 Å². The Labute approximate surface area is 160 Å². The Bertz CT molecular complexity index is 1030. The van der Waals surface area contributed by atoms with E-state index in [1.54, 1.807) is 24.3 Å². The largest absolute Gasteiger partial charge is 0.506 e. The van der Waals surface area contributed by atoms with Crippen molar-refractivity contribution < 1.29 is 19.4 Å². The van der Waals surface area contributed by atoms with Crippen LogP contribution in [0.2, 0.25) is 5.02 Å². The average Bonchev–Trinajstić information content (AvgIpc) is 2.66. The van der Waals surface area contributed by atoms with Gasteiger partial charge < -0.3 is 19.9 Å². The molecule has 0 spiro atoms. The van der Waals surface area contributed by atoms with E-state index >= 15 is 0 Å². The number of aliphatic hydroxyl groups excluding tert-OH is 1. The molecule has 0 aliphatic heterocycles. The van der Waals surface area contributed by atoms with Crippen molar-refractivity contribution in [2.75, 3.05) is 6.61 Å². The van der Waals surface area contributed by atoms with Gasteiger partial charge in [0.15, 0.2) is 0 Å². The Kier molecular flexibility index (Phi) is 5.78. The van der Waals surface area contributed by atoms with Gasteiger partial charge in [-0.1, -0.05) is 23.7 Å². The van der Waals surface area contributed by atoms with E-state index in [-0.39, 0.29) is 35.4 Å². The van der Waals surface area contributed by atoms with Crippen molar-refractivity contribution in [1.82, 2.24) is 5.32 Å². The van der Waals surface area contributed by atoms with Gasteiger partial charge in [0.05, 0.1) is 10.9 Å². The molecule has 0 bridgehead atoms. The molecule has 2 aromatic carbocycles. The number of fused-ring (bicyclic) bond motifs is 1. The number of phenols is 1. The number of benzene rings is 2. The summed E-state index contributed by atoms with van der Waals surface area (Å²) in [4.78, 5) is 24.4. The first-order chi connectivity index (χ1) is 13.0. The molecule has 7 heteroatoms. The van der Waals surface area contributed by atoms with E-state index in [0.717, 1.165) is 5.56 Å². The van der Waals surface area contributed by atoms with E-state index in [1.165, 1.54) is 18.2 Å². The second kappa shape index (κ2) is 8.24. The number of carbonyl (C=O) groups is 1. The Morgan fingerprint density at radius 3 is 2.59 bits per heavy atom. The number of hydrogen-bond donors (Lipinski definition) is 3. The zero-order valence-electron chi connectivity index (χ0n) is 14.4. The minimum atomic E-state index is -0.518. The number of aliphatic hydroxyl groups is 1. The minimum absolute atomic E-state index is 0.0589. The minimum Gasteiger partial charge on any atom is -0.506 e. The number of rotatable bonds is 6. The molecule has 3 aromatic rings. The molecule has 0 unspecified atom stereocenters. The van der Waals surface area contributed by atoms with Crippen molar-refractivity contribution in [3.63, 3.8) is 0 Å². The molecule has 3 N–H and O–H groups in total. The lowest BCUT2D eigenvalue weighted by Crippen LogP contribution is -2.23. The molecule has 0 atom stereocenters. The number of aromatic hydroxyl groups is 1. The molecule has 1 amide bonds. The van der Waals surface area contributed by atoms with Crippen molar-refractivity contribution >= 4 is 28.5 Å². The quantitative estimate of drug-likeness (QED) is 0.564. The second-order valence-corrected chi connectivity index (χ2v) is 6.51. The molecule has 0 aliphatic carbocycles. The summed E-state index contributed by atoms with van der Waals surface area (Å²) in [5, 5.41) is 23.1. The number of hydrogen-bond acceptors (Lipinski definition) is 5. The number of aryl methyl sites for hydroxylation is 1. The molecule has 0 saturated heterocycles. The Morgan fingerprint density at radius 1 is 1.15 bits per heavy atom. The lowest BCUT2D eigenvalue weighted by Gasteiger charge is -2.09. The summed E-state index contributed by atoms with van der Waals surface area (Å²) in [5.74, 6) is -0.706. The summed E-state index contributed by atoms with van der Waals surface area (Å²) in [6.45, 7) is 0.218. The van der Waals surface area contributed by atoms with Crippen LogP contribution in [-0.2, 0) is 13.0 Å². The summed E-state index contributed by atoms with van der Waals surface area (Å²) < 4.78 is 5.20. The van der Waals surface area contributed by atoms with E-state index in [0.29, 0.717) is 23.4 Å². The normalized spacial score (nSPS) is 10.9. The molecule has 27 heavy (non-hydrogen) atoms. The third-order valence-corrected chi connectivity index (χ3v) is 4.43. The van der Waals surface area contributed by atoms with Crippen molar-refractivity contribution in [2.45, 2.75) is 19.4 Å². The van der Waals surface area contributed by atoms with Gasteiger partial charge in [-0.15, -0.1) is 0 Å². The predicted octanol–water partition coefficient (Wildman–Crippen LogP) is 3.01. The highest BCUT2D eigenvalue weighted by Gasteiger charge is 2.16. The molecule has 0 fully saturated rings. The van der Waals surface area contributed by atoms with Crippen LogP contribution in [0.3, 0.4) is 0 Å². The molecule has 3 rings (SSSR count). The molecular formula is C20H18ClNO5. The van der Waals surface area contributed by atoms with Crippen molar-refractivity contribution in [2.24, 2.45) is 0 Å². The van der Waals surface area contributed by atoms with Crippen molar-refractivity contribution in [1.29, 1.82) is 0 Å². The maximum atomic E-state index is 12.5. The van der Waals surface area contributed by atoms with E-state index in [2.05, 4.69) is 5.32 Å². The number of phenolic OH excluding ortho intramolecular Hbond substituents is 1. The fourth-order valence-electron chi connectivity index (χ4n) is 2.72. The lowest BCUT2D eigenvalue weighted by molar-refractivity contribution is 0.0948. The average molecular weight is 388 g/mol. The van der Waals surface area contributed by atoms with Crippen LogP contribution in [0.25, 0.3) is 11.0 Å². The second-order valence-electron chi connectivity index (χ2n) is 6.07. The number of carbonyl (C=O) groups excluding carboxylic acids is 1. The molecule has 140 valence electrons. The van der Waals surface area contributed by atoms with Crippen LogP contribution in [0, 0.1) is 0 Å². The van der Waals surface area contributed by atoms with Crippen LogP contribution in [0.4, 0.5) is 0 Å². The first-order valence-electron chi connectivity index (χ1n) is 8.42.